The zero-order valence-electron chi connectivity index (χ0n) is 20.9. The Kier molecular flexibility index (Phi) is 11.4. The molecular formula is C24H26F6N4O6. The summed E-state index contributed by atoms with van der Waals surface area (Å²) in [6, 6.07) is 9.67. The fourth-order valence-corrected chi connectivity index (χ4v) is 3.83. The molecule has 4 rings (SSSR count). The van der Waals surface area contributed by atoms with Crippen molar-refractivity contribution in [2.45, 2.75) is 37.3 Å². The number of nitrogens with zero attached hydrogens (tertiary/aromatic N) is 4. The third-order valence-corrected chi connectivity index (χ3v) is 5.81. The first kappa shape index (κ1) is 32.4. The van der Waals surface area contributed by atoms with Gasteiger partial charge in [0.15, 0.2) is 0 Å². The molecule has 0 unspecified atom stereocenters. The molecule has 0 saturated carbocycles. The van der Waals surface area contributed by atoms with Crippen LogP contribution in [0.25, 0.3) is 0 Å². The minimum Gasteiger partial charge on any atom is -0.475 e. The summed E-state index contributed by atoms with van der Waals surface area (Å²) in [5.41, 5.74) is 1.54. The van der Waals surface area contributed by atoms with Gasteiger partial charge < -0.3 is 19.8 Å². The van der Waals surface area contributed by atoms with E-state index in [-0.39, 0.29) is 11.5 Å². The number of alkyl halides is 6. The van der Waals surface area contributed by atoms with Gasteiger partial charge in [0.2, 0.25) is 0 Å². The van der Waals surface area contributed by atoms with E-state index in [9.17, 15) is 31.1 Å². The predicted molar refractivity (Wildman–Crippen MR) is 125 cm³/mol. The Morgan fingerprint density at radius 3 is 1.98 bits per heavy atom. The summed E-state index contributed by atoms with van der Waals surface area (Å²) in [6.45, 7) is 4.71. The molecule has 2 aliphatic heterocycles. The number of carboxylic acids is 2. The second-order valence-electron chi connectivity index (χ2n) is 8.70. The minimum absolute atomic E-state index is 0.0525. The van der Waals surface area contributed by atoms with E-state index in [1.807, 2.05) is 29.3 Å². The van der Waals surface area contributed by atoms with E-state index in [0.29, 0.717) is 25.3 Å². The van der Waals surface area contributed by atoms with Crippen LogP contribution in [0.4, 0.5) is 26.3 Å². The van der Waals surface area contributed by atoms with Gasteiger partial charge in [-0.15, -0.1) is 0 Å². The van der Waals surface area contributed by atoms with Gasteiger partial charge in [0.05, 0.1) is 30.0 Å². The van der Waals surface area contributed by atoms with Gasteiger partial charge in [-0.3, -0.25) is 19.7 Å². The summed E-state index contributed by atoms with van der Waals surface area (Å²) in [5.74, 6) is -5.46. The number of pyridine rings is 2. The average Bonchev–Trinajstić information content (AvgIpc) is 2.90. The number of aliphatic carboxylic acids is 2. The van der Waals surface area contributed by atoms with Crippen LogP contribution < -0.4 is 0 Å². The SMILES string of the molecule is O=C(O)C(F)(F)F.O=C(O)C(F)(F)F.O=C(c1cccnc1)N1CCOC2(CCN(Cc3ccccn3)CC2)C1. The second kappa shape index (κ2) is 14.0. The van der Waals surface area contributed by atoms with Gasteiger partial charge in [-0.25, -0.2) is 9.59 Å². The highest BCUT2D eigenvalue weighted by Crippen LogP contribution is 2.31. The fourth-order valence-electron chi connectivity index (χ4n) is 3.83. The summed E-state index contributed by atoms with van der Waals surface area (Å²) >= 11 is 0. The number of rotatable bonds is 3. The Morgan fingerprint density at radius 1 is 0.900 bits per heavy atom. The summed E-state index contributed by atoms with van der Waals surface area (Å²) in [6.07, 6.45) is -3.12. The lowest BCUT2D eigenvalue weighted by Crippen LogP contribution is -2.57. The van der Waals surface area contributed by atoms with Crippen molar-refractivity contribution in [2.24, 2.45) is 0 Å². The van der Waals surface area contributed by atoms with Crippen molar-refractivity contribution in [2.75, 3.05) is 32.8 Å². The van der Waals surface area contributed by atoms with E-state index in [0.717, 1.165) is 38.2 Å². The van der Waals surface area contributed by atoms with Crippen LogP contribution in [0.1, 0.15) is 28.9 Å². The number of halogens is 6. The van der Waals surface area contributed by atoms with Crippen molar-refractivity contribution in [1.29, 1.82) is 0 Å². The largest absolute Gasteiger partial charge is 0.490 e. The van der Waals surface area contributed by atoms with Gasteiger partial charge in [0, 0.05) is 44.8 Å². The van der Waals surface area contributed by atoms with E-state index in [4.69, 9.17) is 24.5 Å². The molecule has 2 aromatic rings. The summed E-state index contributed by atoms with van der Waals surface area (Å²) in [4.78, 5) is 43.4. The van der Waals surface area contributed by atoms with E-state index in [1.165, 1.54) is 0 Å². The van der Waals surface area contributed by atoms with E-state index in [2.05, 4.69) is 20.9 Å². The van der Waals surface area contributed by atoms with Crippen LogP contribution in [0.2, 0.25) is 0 Å². The van der Waals surface area contributed by atoms with Gasteiger partial charge in [-0.05, 0) is 37.1 Å². The van der Waals surface area contributed by atoms with Crippen molar-refractivity contribution < 1.29 is 55.7 Å². The Labute approximate surface area is 224 Å². The lowest BCUT2D eigenvalue weighted by molar-refractivity contribution is -0.193. The summed E-state index contributed by atoms with van der Waals surface area (Å²) < 4.78 is 69.6. The van der Waals surface area contributed by atoms with E-state index >= 15 is 0 Å². The molecule has 0 aromatic carbocycles. The normalized spacial score (nSPS) is 17.1. The monoisotopic (exact) mass is 580 g/mol. The molecule has 220 valence electrons. The fraction of sp³-hybridized carbons (Fsp3) is 0.458. The standard InChI is InChI=1S/C20H24N4O2.2C2HF3O2/c25-19(17-4-3-8-21-14-17)24-12-13-26-20(16-24)6-10-23(11-7-20)15-18-5-1-2-9-22-18;2*3-2(4,5)1(6)7/h1-5,8-9,14H,6-7,10-13,15-16H2;2*(H,6,7). The first-order valence-electron chi connectivity index (χ1n) is 11.7. The number of hydrogen-bond donors (Lipinski definition) is 2. The molecule has 0 bridgehead atoms. The number of carboxylic acid groups (broad SMARTS) is 2. The third-order valence-electron chi connectivity index (χ3n) is 5.81. The Balaban J connectivity index is 0.000000333. The molecule has 0 radical (unpaired) electrons. The molecule has 2 fully saturated rings. The highest BCUT2D eigenvalue weighted by atomic mass is 19.4. The molecule has 40 heavy (non-hydrogen) atoms. The number of morpholine rings is 1. The van der Waals surface area contributed by atoms with Crippen LogP contribution in [-0.4, -0.2) is 98.6 Å². The number of aromatic nitrogens is 2. The Hall–Kier alpha value is -3.79. The third kappa shape index (κ3) is 10.4. The van der Waals surface area contributed by atoms with Crippen molar-refractivity contribution in [3.8, 4) is 0 Å². The number of likely N-dealkylation sites (tertiary alicyclic amines) is 1. The van der Waals surface area contributed by atoms with Crippen LogP contribution >= 0.6 is 0 Å². The molecule has 2 N–H and O–H groups in total. The average molecular weight is 580 g/mol. The molecule has 10 nitrogen and oxygen atoms in total. The van der Waals surface area contributed by atoms with Crippen LogP contribution in [0, 0.1) is 0 Å². The number of ether oxygens (including phenoxy) is 1. The Morgan fingerprint density at radius 2 is 1.50 bits per heavy atom. The molecule has 0 atom stereocenters. The molecule has 4 heterocycles. The smallest absolute Gasteiger partial charge is 0.475 e. The minimum atomic E-state index is -5.08. The Bertz CT molecular complexity index is 1090. The molecule has 2 aliphatic rings. The van der Waals surface area contributed by atoms with Crippen molar-refractivity contribution in [1.82, 2.24) is 19.8 Å². The van der Waals surface area contributed by atoms with E-state index < -0.39 is 24.3 Å². The lowest BCUT2D eigenvalue weighted by atomic mass is 9.89. The van der Waals surface area contributed by atoms with Gasteiger partial charge in [0.1, 0.15) is 0 Å². The van der Waals surface area contributed by atoms with Gasteiger partial charge in [-0.1, -0.05) is 6.07 Å². The molecule has 1 spiro atoms. The van der Waals surface area contributed by atoms with Crippen molar-refractivity contribution >= 4 is 17.8 Å². The molecular weight excluding hydrogens is 554 g/mol. The van der Waals surface area contributed by atoms with Gasteiger partial charge >= 0.3 is 24.3 Å². The van der Waals surface area contributed by atoms with Crippen molar-refractivity contribution in [3.63, 3.8) is 0 Å². The first-order valence-corrected chi connectivity index (χ1v) is 11.7. The van der Waals surface area contributed by atoms with Crippen molar-refractivity contribution in [3.05, 3.63) is 60.2 Å². The van der Waals surface area contributed by atoms with Gasteiger partial charge in [-0.2, -0.15) is 26.3 Å². The number of carbonyl (C=O) groups excluding carboxylic acids is 1. The second-order valence-corrected chi connectivity index (χ2v) is 8.70. The highest BCUT2D eigenvalue weighted by molar-refractivity contribution is 5.94. The van der Waals surface area contributed by atoms with Crippen LogP contribution in [0.3, 0.4) is 0 Å². The number of piperidine rings is 1. The zero-order chi connectivity index (χ0) is 30.0. The molecule has 0 aliphatic carbocycles. The maximum absolute atomic E-state index is 12.7. The maximum atomic E-state index is 12.7. The van der Waals surface area contributed by atoms with Crippen LogP contribution in [-0.2, 0) is 20.9 Å². The molecule has 16 heteroatoms. The predicted octanol–water partition coefficient (Wildman–Crippen LogP) is 3.25. The van der Waals surface area contributed by atoms with Gasteiger partial charge in [0.25, 0.3) is 5.91 Å². The zero-order valence-corrected chi connectivity index (χ0v) is 20.9. The van der Waals surface area contributed by atoms with Crippen LogP contribution in [0.15, 0.2) is 48.9 Å². The molecule has 2 saturated heterocycles. The lowest BCUT2D eigenvalue weighted by Gasteiger charge is -2.47. The van der Waals surface area contributed by atoms with E-state index in [1.54, 1.807) is 18.5 Å². The maximum Gasteiger partial charge on any atom is 0.490 e. The first-order chi connectivity index (χ1) is 18.6. The number of hydrogen-bond acceptors (Lipinski definition) is 7. The van der Waals surface area contributed by atoms with Crippen LogP contribution in [0.5, 0.6) is 0 Å². The molecule has 2 aromatic heterocycles. The highest BCUT2D eigenvalue weighted by Gasteiger charge is 2.41. The number of amides is 1. The topological polar surface area (TPSA) is 133 Å². The number of carbonyl (C=O) groups is 3. The summed E-state index contributed by atoms with van der Waals surface area (Å²) in [5, 5.41) is 14.2. The molecule has 1 amide bonds. The quantitative estimate of drug-likeness (QED) is 0.525. The summed E-state index contributed by atoms with van der Waals surface area (Å²) in [7, 11) is 0.